The zero-order chi connectivity index (χ0) is 12.8. The highest BCUT2D eigenvalue weighted by Gasteiger charge is 2.13. The maximum Gasteiger partial charge on any atom is 0.252 e. The molecule has 0 bridgehead atoms. The molecule has 0 saturated carbocycles. The SMILES string of the molecule is COc1cc(N=[N+]=[N-])c(CCCl)cc1C(N)=O. The summed E-state index contributed by atoms with van der Waals surface area (Å²) in [4.78, 5) is 13.9. The number of carbonyl (C=O) groups is 1. The van der Waals surface area contributed by atoms with Crippen LogP contribution in [0, 0.1) is 0 Å². The van der Waals surface area contributed by atoms with E-state index in [2.05, 4.69) is 10.0 Å². The predicted octanol–water partition coefficient (Wildman–Crippen LogP) is 2.52. The van der Waals surface area contributed by atoms with Crippen molar-refractivity contribution < 1.29 is 9.53 Å². The fourth-order valence-electron chi connectivity index (χ4n) is 1.42. The van der Waals surface area contributed by atoms with Gasteiger partial charge in [0.2, 0.25) is 0 Å². The van der Waals surface area contributed by atoms with E-state index in [1.54, 1.807) is 0 Å². The summed E-state index contributed by atoms with van der Waals surface area (Å²) >= 11 is 5.63. The number of rotatable bonds is 5. The van der Waals surface area contributed by atoms with Crippen LogP contribution >= 0.6 is 11.6 Å². The normalized spacial score (nSPS) is 9.53. The second-order valence-corrected chi connectivity index (χ2v) is 3.55. The molecule has 1 rings (SSSR count). The van der Waals surface area contributed by atoms with Crippen LogP contribution < -0.4 is 10.5 Å². The fraction of sp³-hybridized carbons (Fsp3) is 0.300. The van der Waals surface area contributed by atoms with Crippen molar-refractivity contribution in [1.29, 1.82) is 0 Å². The molecule has 2 N–H and O–H groups in total. The molecule has 0 aliphatic rings. The number of methoxy groups -OCH3 is 1. The average molecular weight is 255 g/mol. The van der Waals surface area contributed by atoms with Crippen molar-refractivity contribution in [2.24, 2.45) is 10.8 Å². The number of halogens is 1. The van der Waals surface area contributed by atoms with Crippen molar-refractivity contribution >= 4 is 23.2 Å². The molecule has 0 saturated heterocycles. The molecule has 0 aromatic heterocycles. The number of benzene rings is 1. The van der Waals surface area contributed by atoms with Gasteiger partial charge in [-0.2, -0.15) is 0 Å². The Morgan fingerprint density at radius 3 is 2.82 bits per heavy atom. The van der Waals surface area contributed by atoms with Crippen LogP contribution in [0.25, 0.3) is 10.4 Å². The van der Waals surface area contributed by atoms with E-state index in [1.807, 2.05) is 0 Å². The summed E-state index contributed by atoms with van der Waals surface area (Å²) in [5, 5.41) is 3.52. The quantitative estimate of drug-likeness (QED) is 0.378. The summed E-state index contributed by atoms with van der Waals surface area (Å²) in [5.41, 5.74) is 15.0. The molecule has 1 amide bonds. The van der Waals surface area contributed by atoms with Crippen LogP contribution in [0.4, 0.5) is 5.69 Å². The minimum Gasteiger partial charge on any atom is -0.496 e. The van der Waals surface area contributed by atoms with Gasteiger partial charge in [-0.3, -0.25) is 4.79 Å². The Balaban J connectivity index is 3.41. The van der Waals surface area contributed by atoms with Crippen LogP contribution in [-0.4, -0.2) is 18.9 Å². The summed E-state index contributed by atoms with van der Waals surface area (Å²) in [7, 11) is 1.41. The van der Waals surface area contributed by atoms with E-state index >= 15 is 0 Å². The smallest absolute Gasteiger partial charge is 0.252 e. The molecule has 6 nitrogen and oxygen atoms in total. The number of primary amides is 1. The maximum absolute atomic E-state index is 11.2. The van der Waals surface area contributed by atoms with Crippen LogP contribution in [0.1, 0.15) is 15.9 Å². The third-order valence-corrected chi connectivity index (χ3v) is 2.37. The molecule has 0 radical (unpaired) electrons. The molecule has 7 heteroatoms. The molecular weight excluding hydrogens is 244 g/mol. The molecule has 0 fully saturated rings. The number of azide groups is 1. The Kier molecular flexibility index (Phi) is 4.63. The van der Waals surface area contributed by atoms with Crippen LogP contribution in [0.3, 0.4) is 0 Å². The van der Waals surface area contributed by atoms with Gasteiger partial charge in [-0.25, -0.2) is 0 Å². The van der Waals surface area contributed by atoms with Crippen LogP contribution in [-0.2, 0) is 6.42 Å². The van der Waals surface area contributed by atoms with Gasteiger partial charge >= 0.3 is 0 Å². The molecule has 17 heavy (non-hydrogen) atoms. The van der Waals surface area contributed by atoms with E-state index in [1.165, 1.54) is 19.2 Å². The monoisotopic (exact) mass is 254 g/mol. The zero-order valence-electron chi connectivity index (χ0n) is 9.18. The fourth-order valence-corrected chi connectivity index (χ4v) is 1.62. The van der Waals surface area contributed by atoms with Gasteiger partial charge in [-0.05, 0) is 29.6 Å². The first-order valence-electron chi connectivity index (χ1n) is 4.75. The molecule has 90 valence electrons. The lowest BCUT2D eigenvalue weighted by molar-refractivity contribution is 0.0997. The standard InChI is InChI=1S/C10H11ClN4O2/c1-17-9-5-8(14-15-13)6(2-3-11)4-7(9)10(12)16/h4-5H,2-3H2,1H3,(H2,12,16). The third-order valence-electron chi connectivity index (χ3n) is 2.18. The summed E-state index contributed by atoms with van der Waals surface area (Å²) in [5.74, 6) is 0.0155. The lowest BCUT2D eigenvalue weighted by atomic mass is 10.0. The summed E-state index contributed by atoms with van der Waals surface area (Å²) in [6.45, 7) is 0. The number of hydrogen-bond donors (Lipinski definition) is 1. The van der Waals surface area contributed by atoms with Gasteiger partial charge in [-0.15, -0.1) is 11.6 Å². The summed E-state index contributed by atoms with van der Waals surface area (Å²) in [6, 6.07) is 3.01. The Morgan fingerprint density at radius 1 is 1.65 bits per heavy atom. The number of amides is 1. The Morgan fingerprint density at radius 2 is 2.35 bits per heavy atom. The number of hydrogen-bond acceptors (Lipinski definition) is 3. The van der Waals surface area contributed by atoms with Gasteiger partial charge < -0.3 is 10.5 Å². The van der Waals surface area contributed by atoms with Crippen molar-refractivity contribution in [2.45, 2.75) is 6.42 Å². The number of alkyl halides is 1. The van der Waals surface area contributed by atoms with Crippen molar-refractivity contribution in [3.63, 3.8) is 0 Å². The van der Waals surface area contributed by atoms with Crippen molar-refractivity contribution in [3.8, 4) is 5.75 Å². The Bertz CT molecular complexity index is 483. The van der Waals surface area contributed by atoms with Gasteiger partial charge in [0.15, 0.2) is 0 Å². The molecular formula is C10H11ClN4O2. The van der Waals surface area contributed by atoms with E-state index < -0.39 is 5.91 Å². The van der Waals surface area contributed by atoms with Crippen molar-refractivity contribution in [1.82, 2.24) is 0 Å². The number of nitrogens with two attached hydrogens (primary N) is 1. The lowest BCUT2D eigenvalue weighted by Gasteiger charge is -2.10. The van der Waals surface area contributed by atoms with Crippen LogP contribution in [0.5, 0.6) is 5.75 Å². The van der Waals surface area contributed by atoms with E-state index in [9.17, 15) is 4.79 Å². The van der Waals surface area contributed by atoms with Gasteiger partial charge in [0.05, 0.1) is 12.7 Å². The number of carbonyl (C=O) groups excluding carboxylic acids is 1. The van der Waals surface area contributed by atoms with E-state index in [0.29, 0.717) is 23.6 Å². The highest BCUT2D eigenvalue weighted by molar-refractivity contribution is 6.18. The molecule has 0 spiro atoms. The molecule has 0 atom stereocenters. The largest absolute Gasteiger partial charge is 0.496 e. The van der Waals surface area contributed by atoms with Crippen molar-refractivity contribution in [2.75, 3.05) is 13.0 Å². The molecule has 0 aliphatic heterocycles. The predicted molar refractivity (Wildman–Crippen MR) is 64.7 cm³/mol. The highest BCUT2D eigenvalue weighted by Crippen LogP contribution is 2.30. The second kappa shape index (κ2) is 5.98. The molecule has 1 aromatic rings. The third kappa shape index (κ3) is 3.03. The van der Waals surface area contributed by atoms with Crippen molar-refractivity contribution in [3.05, 3.63) is 33.7 Å². The van der Waals surface area contributed by atoms with E-state index in [0.717, 1.165) is 0 Å². The minimum atomic E-state index is -0.606. The first-order chi connectivity index (χ1) is 8.13. The summed E-state index contributed by atoms with van der Waals surface area (Å²) < 4.78 is 5.01. The number of nitrogens with zero attached hydrogens (tertiary/aromatic N) is 3. The van der Waals surface area contributed by atoms with E-state index in [-0.39, 0.29) is 11.3 Å². The number of aryl methyl sites for hydroxylation is 1. The van der Waals surface area contributed by atoms with Gasteiger partial charge in [0.25, 0.3) is 5.91 Å². The first kappa shape index (κ1) is 13.2. The average Bonchev–Trinajstić information content (AvgIpc) is 2.31. The Labute approximate surface area is 103 Å². The Hall–Kier alpha value is -1.91. The van der Waals surface area contributed by atoms with Gasteiger partial charge in [0, 0.05) is 16.5 Å². The number of ether oxygens (including phenoxy) is 1. The molecule has 0 unspecified atom stereocenters. The summed E-state index contributed by atoms with van der Waals surface area (Å²) in [6.07, 6.45) is 0.472. The van der Waals surface area contributed by atoms with Crippen LogP contribution in [0.15, 0.2) is 17.2 Å². The second-order valence-electron chi connectivity index (χ2n) is 3.17. The maximum atomic E-state index is 11.2. The van der Waals surface area contributed by atoms with Crippen LogP contribution in [0.2, 0.25) is 0 Å². The highest BCUT2D eigenvalue weighted by atomic mass is 35.5. The minimum absolute atomic E-state index is 0.240. The van der Waals surface area contributed by atoms with Gasteiger partial charge in [-0.1, -0.05) is 5.11 Å². The molecule has 1 aromatic carbocycles. The molecule has 0 heterocycles. The molecule has 0 aliphatic carbocycles. The zero-order valence-corrected chi connectivity index (χ0v) is 9.94. The first-order valence-corrected chi connectivity index (χ1v) is 5.29. The lowest BCUT2D eigenvalue weighted by Crippen LogP contribution is -2.13. The van der Waals surface area contributed by atoms with Gasteiger partial charge in [0.1, 0.15) is 5.75 Å². The topological polar surface area (TPSA) is 101 Å². The van der Waals surface area contributed by atoms with E-state index in [4.69, 9.17) is 27.6 Å².